The molecule has 0 spiro atoms. The molecule has 0 unspecified atom stereocenters. The number of hydrogen-bond donors (Lipinski definition) is 0. The lowest BCUT2D eigenvalue weighted by molar-refractivity contribution is 0.104. The summed E-state index contributed by atoms with van der Waals surface area (Å²) in [6.45, 7) is 0. The normalized spacial score (nSPS) is 10.3. The van der Waals surface area contributed by atoms with Gasteiger partial charge in [-0.25, -0.2) is 0 Å². The molecule has 15 heavy (non-hydrogen) atoms. The SMILES string of the molecule is O=C(c1ccccc1)c1sc(Br)cc1I. The zero-order valence-corrected chi connectivity index (χ0v) is 12.1. The van der Waals surface area contributed by atoms with Crippen molar-refractivity contribution in [2.45, 2.75) is 0 Å². The van der Waals surface area contributed by atoms with E-state index in [1.807, 2.05) is 36.4 Å². The largest absolute Gasteiger partial charge is 0.288 e. The summed E-state index contributed by atoms with van der Waals surface area (Å²) in [7, 11) is 0. The van der Waals surface area contributed by atoms with Gasteiger partial charge >= 0.3 is 0 Å². The van der Waals surface area contributed by atoms with Crippen LogP contribution in [0.5, 0.6) is 0 Å². The fourth-order valence-electron chi connectivity index (χ4n) is 1.22. The Morgan fingerprint density at radius 3 is 2.47 bits per heavy atom. The minimum Gasteiger partial charge on any atom is -0.288 e. The lowest BCUT2D eigenvalue weighted by Crippen LogP contribution is -1.99. The predicted molar refractivity (Wildman–Crippen MR) is 74.6 cm³/mol. The van der Waals surface area contributed by atoms with Crippen molar-refractivity contribution < 1.29 is 4.79 Å². The molecule has 76 valence electrons. The third kappa shape index (κ3) is 2.49. The van der Waals surface area contributed by atoms with E-state index >= 15 is 0 Å². The highest BCUT2D eigenvalue weighted by atomic mass is 127. The summed E-state index contributed by atoms with van der Waals surface area (Å²) in [5.74, 6) is 0.0932. The molecule has 0 N–H and O–H groups in total. The highest BCUT2D eigenvalue weighted by Gasteiger charge is 2.15. The number of carbonyl (C=O) groups excluding carboxylic acids is 1. The Bertz CT molecular complexity index is 493. The molecule has 0 aliphatic rings. The van der Waals surface area contributed by atoms with E-state index in [2.05, 4.69) is 38.5 Å². The van der Waals surface area contributed by atoms with E-state index in [-0.39, 0.29) is 5.78 Å². The molecule has 0 fully saturated rings. The third-order valence-corrected chi connectivity index (χ3v) is 4.75. The maximum absolute atomic E-state index is 12.1. The molecule has 1 nitrogen and oxygen atoms in total. The molecule has 2 rings (SSSR count). The topological polar surface area (TPSA) is 17.1 Å². The first-order chi connectivity index (χ1) is 7.18. The van der Waals surface area contributed by atoms with Crippen LogP contribution in [0.2, 0.25) is 0 Å². The zero-order chi connectivity index (χ0) is 10.8. The summed E-state index contributed by atoms with van der Waals surface area (Å²) in [5, 5.41) is 0. The van der Waals surface area contributed by atoms with Gasteiger partial charge in [-0.15, -0.1) is 11.3 Å². The van der Waals surface area contributed by atoms with Crippen LogP contribution in [0.25, 0.3) is 0 Å². The van der Waals surface area contributed by atoms with Gasteiger partial charge in [-0.2, -0.15) is 0 Å². The van der Waals surface area contributed by atoms with E-state index in [1.54, 1.807) is 0 Å². The van der Waals surface area contributed by atoms with E-state index in [0.717, 1.165) is 17.8 Å². The van der Waals surface area contributed by atoms with Crippen molar-refractivity contribution in [1.82, 2.24) is 0 Å². The van der Waals surface area contributed by atoms with Crippen LogP contribution in [-0.2, 0) is 0 Å². The molecule has 1 aromatic heterocycles. The molecule has 0 atom stereocenters. The Morgan fingerprint density at radius 2 is 1.93 bits per heavy atom. The van der Waals surface area contributed by atoms with Crippen molar-refractivity contribution in [3.05, 3.63) is 54.2 Å². The number of benzene rings is 1. The number of halogens is 2. The maximum atomic E-state index is 12.1. The van der Waals surface area contributed by atoms with Crippen LogP contribution in [0.15, 0.2) is 40.2 Å². The second-order valence-electron chi connectivity index (χ2n) is 2.92. The van der Waals surface area contributed by atoms with Crippen LogP contribution in [0, 0.1) is 3.57 Å². The minimum absolute atomic E-state index is 0.0932. The number of rotatable bonds is 2. The van der Waals surface area contributed by atoms with E-state index in [1.165, 1.54) is 11.3 Å². The van der Waals surface area contributed by atoms with Gasteiger partial charge in [0.05, 0.1) is 8.66 Å². The number of hydrogen-bond acceptors (Lipinski definition) is 2. The summed E-state index contributed by atoms with van der Waals surface area (Å²) in [6.07, 6.45) is 0. The van der Waals surface area contributed by atoms with Gasteiger partial charge in [-0.05, 0) is 44.6 Å². The van der Waals surface area contributed by atoms with Crippen LogP contribution in [0.1, 0.15) is 15.2 Å². The average molecular weight is 393 g/mol. The van der Waals surface area contributed by atoms with Crippen molar-refractivity contribution in [2.24, 2.45) is 0 Å². The first-order valence-electron chi connectivity index (χ1n) is 4.23. The number of ketones is 1. The molecule has 2 aromatic rings. The second-order valence-corrected chi connectivity index (χ2v) is 6.52. The molecule has 0 saturated carbocycles. The summed E-state index contributed by atoms with van der Waals surface area (Å²) < 4.78 is 1.99. The van der Waals surface area contributed by atoms with Crippen molar-refractivity contribution in [3.8, 4) is 0 Å². The zero-order valence-electron chi connectivity index (χ0n) is 7.54. The van der Waals surface area contributed by atoms with Gasteiger partial charge in [0, 0.05) is 9.13 Å². The lowest BCUT2D eigenvalue weighted by atomic mass is 10.1. The molecule has 4 heteroatoms. The Kier molecular flexibility index (Phi) is 3.58. The molecule has 0 saturated heterocycles. The first kappa shape index (κ1) is 11.3. The molecule has 0 radical (unpaired) electrons. The Balaban J connectivity index is 2.41. The quantitative estimate of drug-likeness (QED) is 0.548. The Hall–Kier alpha value is -0.200. The summed E-state index contributed by atoms with van der Waals surface area (Å²) in [4.78, 5) is 12.9. The Morgan fingerprint density at radius 1 is 1.27 bits per heavy atom. The van der Waals surface area contributed by atoms with Crippen LogP contribution < -0.4 is 0 Å². The monoisotopic (exact) mass is 392 g/mol. The van der Waals surface area contributed by atoms with Gasteiger partial charge in [0.1, 0.15) is 0 Å². The van der Waals surface area contributed by atoms with E-state index < -0.39 is 0 Å². The third-order valence-electron chi connectivity index (χ3n) is 1.90. The van der Waals surface area contributed by atoms with Crippen LogP contribution in [0.4, 0.5) is 0 Å². The Labute approximate surface area is 114 Å². The molecule has 0 aliphatic heterocycles. The van der Waals surface area contributed by atoms with Gasteiger partial charge in [-0.1, -0.05) is 30.3 Å². The average Bonchev–Trinajstić information content (AvgIpc) is 2.58. The summed E-state index contributed by atoms with van der Waals surface area (Å²) >= 11 is 7.05. The first-order valence-corrected chi connectivity index (χ1v) is 6.92. The van der Waals surface area contributed by atoms with Gasteiger partial charge < -0.3 is 0 Å². The predicted octanol–water partition coefficient (Wildman–Crippen LogP) is 4.35. The maximum Gasteiger partial charge on any atom is 0.204 e. The van der Waals surface area contributed by atoms with Gasteiger partial charge in [0.15, 0.2) is 0 Å². The molecule has 0 aliphatic carbocycles. The van der Waals surface area contributed by atoms with Gasteiger partial charge in [0.25, 0.3) is 0 Å². The summed E-state index contributed by atoms with van der Waals surface area (Å²) in [6, 6.07) is 11.3. The number of thiophene rings is 1. The number of carbonyl (C=O) groups is 1. The molecule has 1 aromatic carbocycles. The second kappa shape index (κ2) is 4.76. The van der Waals surface area contributed by atoms with E-state index in [0.29, 0.717) is 0 Å². The van der Waals surface area contributed by atoms with E-state index in [4.69, 9.17) is 0 Å². The fraction of sp³-hybridized carbons (Fsp3) is 0. The van der Waals surface area contributed by atoms with Gasteiger partial charge in [-0.3, -0.25) is 4.79 Å². The smallest absolute Gasteiger partial charge is 0.204 e. The highest BCUT2D eigenvalue weighted by molar-refractivity contribution is 14.1. The van der Waals surface area contributed by atoms with Crippen LogP contribution in [0.3, 0.4) is 0 Å². The molecule has 1 heterocycles. The lowest BCUT2D eigenvalue weighted by Gasteiger charge is -1.97. The van der Waals surface area contributed by atoms with Crippen molar-refractivity contribution >= 4 is 55.6 Å². The standard InChI is InChI=1S/C11H6BrIOS/c12-9-6-8(13)11(15-9)10(14)7-4-2-1-3-5-7/h1-6H. The van der Waals surface area contributed by atoms with Crippen molar-refractivity contribution in [2.75, 3.05) is 0 Å². The van der Waals surface area contributed by atoms with E-state index in [9.17, 15) is 4.79 Å². The fourth-order valence-corrected chi connectivity index (χ4v) is 4.20. The molecular formula is C11H6BrIOS. The van der Waals surface area contributed by atoms with Gasteiger partial charge in [0.2, 0.25) is 5.78 Å². The van der Waals surface area contributed by atoms with Crippen LogP contribution >= 0.6 is 49.9 Å². The van der Waals surface area contributed by atoms with Crippen LogP contribution in [-0.4, -0.2) is 5.78 Å². The molecular weight excluding hydrogens is 387 g/mol. The minimum atomic E-state index is 0.0932. The van der Waals surface area contributed by atoms with Crippen molar-refractivity contribution in [3.63, 3.8) is 0 Å². The molecule has 0 amide bonds. The van der Waals surface area contributed by atoms with Crippen molar-refractivity contribution in [1.29, 1.82) is 0 Å². The summed E-state index contributed by atoms with van der Waals surface area (Å²) in [5.41, 5.74) is 0.741. The highest BCUT2D eigenvalue weighted by Crippen LogP contribution is 2.30. The molecule has 0 bridgehead atoms.